The zero-order valence-corrected chi connectivity index (χ0v) is 29.6. The molecule has 4 N–H and O–H groups in total. The lowest BCUT2D eigenvalue weighted by atomic mass is 9.88. The van der Waals surface area contributed by atoms with Crippen LogP contribution in [0, 0.1) is 5.92 Å². The summed E-state index contributed by atoms with van der Waals surface area (Å²) >= 11 is 0. The number of alkyl carbamates (subject to hydrolysis) is 1. The fourth-order valence-electron chi connectivity index (χ4n) is 6.68. The number of aliphatic hydroxyl groups is 2. The molecule has 1 heterocycles. The van der Waals surface area contributed by atoms with Gasteiger partial charge in [-0.15, -0.1) is 0 Å². The largest absolute Gasteiger partial charge is 0.494 e. The maximum atomic E-state index is 14.1. The number of nitrogens with one attached hydrogen (secondary N) is 2. The second-order valence-electron chi connectivity index (χ2n) is 14.4. The van der Waals surface area contributed by atoms with Gasteiger partial charge < -0.3 is 35.1 Å². The van der Waals surface area contributed by atoms with Gasteiger partial charge in [-0.3, -0.25) is 9.69 Å². The molecule has 0 aromatic heterocycles. The smallest absolute Gasteiger partial charge is 0.407 e. The number of hydrogen-bond acceptors (Lipinski definition) is 8. The second-order valence-corrected chi connectivity index (χ2v) is 14.4. The number of rotatable bonds is 15. The molecule has 1 saturated heterocycles. The van der Waals surface area contributed by atoms with E-state index in [4.69, 9.17) is 14.2 Å². The zero-order valence-electron chi connectivity index (χ0n) is 29.6. The van der Waals surface area contributed by atoms with Gasteiger partial charge in [0.2, 0.25) is 5.91 Å². The number of fused-ring (bicyclic) bond motifs is 1. The Balaban J connectivity index is 1.29. The van der Waals surface area contributed by atoms with Crippen LogP contribution in [0.15, 0.2) is 78.9 Å². The predicted octanol–water partition coefficient (Wildman–Crippen LogP) is 4.61. The molecule has 0 spiro atoms. The van der Waals surface area contributed by atoms with E-state index < -0.39 is 41.9 Å². The number of nitrogens with zero attached hydrogens (tertiary/aromatic N) is 1. The number of carbonyl (C=O) groups excluding carboxylic acids is 2. The van der Waals surface area contributed by atoms with E-state index >= 15 is 0 Å². The summed E-state index contributed by atoms with van der Waals surface area (Å²) in [5, 5.41) is 28.6. The Morgan fingerprint density at radius 1 is 0.940 bits per heavy atom. The molecule has 50 heavy (non-hydrogen) atoms. The molecular weight excluding hydrogens is 634 g/mol. The van der Waals surface area contributed by atoms with Crippen LogP contribution in [0.3, 0.4) is 0 Å². The third kappa shape index (κ3) is 11.3. The van der Waals surface area contributed by atoms with Gasteiger partial charge >= 0.3 is 6.09 Å². The van der Waals surface area contributed by atoms with Crippen LogP contribution >= 0.6 is 0 Å². The van der Waals surface area contributed by atoms with E-state index in [1.807, 2.05) is 78.9 Å². The van der Waals surface area contributed by atoms with E-state index in [2.05, 4.69) is 15.5 Å². The molecular formula is C40H53N3O7. The number of morpholine rings is 1. The summed E-state index contributed by atoms with van der Waals surface area (Å²) in [6, 6.07) is 23.8. The van der Waals surface area contributed by atoms with Gasteiger partial charge in [-0.2, -0.15) is 0 Å². The molecule has 0 saturated carbocycles. The first-order valence-corrected chi connectivity index (χ1v) is 17.8. The summed E-state index contributed by atoms with van der Waals surface area (Å²) < 4.78 is 17.0. The Hall–Kier alpha value is -3.96. The van der Waals surface area contributed by atoms with Crippen LogP contribution in [0.1, 0.15) is 61.9 Å². The quantitative estimate of drug-likeness (QED) is 0.171. The van der Waals surface area contributed by atoms with E-state index in [0.717, 1.165) is 67.3 Å². The Morgan fingerprint density at radius 2 is 1.62 bits per heavy atom. The highest BCUT2D eigenvalue weighted by atomic mass is 16.6. The van der Waals surface area contributed by atoms with Gasteiger partial charge in [-0.1, -0.05) is 66.7 Å². The minimum Gasteiger partial charge on any atom is -0.494 e. The third-order valence-electron chi connectivity index (χ3n) is 9.26. The first kappa shape index (κ1) is 37.3. The molecule has 0 unspecified atom stereocenters. The van der Waals surface area contributed by atoms with Crippen LogP contribution in [0.2, 0.25) is 0 Å². The lowest BCUT2D eigenvalue weighted by Gasteiger charge is -2.30. The second kappa shape index (κ2) is 17.8. The highest BCUT2D eigenvalue weighted by Gasteiger charge is 2.35. The van der Waals surface area contributed by atoms with Gasteiger partial charge in [0.15, 0.2) is 0 Å². The molecule has 3 aromatic carbocycles. The lowest BCUT2D eigenvalue weighted by molar-refractivity contribution is -0.127. The van der Waals surface area contributed by atoms with Gasteiger partial charge in [-0.05, 0) is 80.8 Å². The molecule has 10 heteroatoms. The summed E-state index contributed by atoms with van der Waals surface area (Å²) in [5.74, 6) is -0.181. The lowest BCUT2D eigenvalue weighted by Crippen LogP contribution is -2.48. The fraction of sp³-hybridized carbons (Fsp3) is 0.500. The van der Waals surface area contributed by atoms with Gasteiger partial charge in [0.05, 0.1) is 44.1 Å². The molecule has 5 atom stereocenters. The van der Waals surface area contributed by atoms with Gasteiger partial charge in [-0.25, -0.2) is 4.79 Å². The van der Waals surface area contributed by atoms with Crippen LogP contribution < -0.4 is 15.4 Å². The van der Waals surface area contributed by atoms with Crippen molar-refractivity contribution in [2.45, 2.75) is 82.8 Å². The minimum absolute atomic E-state index is 0.0728. The molecule has 5 rings (SSSR count). The van der Waals surface area contributed by atoms with E-state index in [-0.39, 0.29) is 12.3 Å². The van der Waals surface area contributed by atoms with Gasteiger partial charge in [0.1, 0.15) is 11.4 Å². The van der Waals surface area contributed by atoms with E-state index in [1.54, 1.807) is 20.8 Å². The van der Waals surface area contributed by atoms with Crippen LogP contribution in [-0.2, 0) is 33.5 Å². The summed E-state index contributed by atoms with van der Waals surface area (Å²) in [5.41, 5.74) is 3.03. The number of ether oxygens (including phenoxy) is 3. The average Bonchev–Trinajstić information content (AvgIpc) is 3.41. The van der Waals surface area contributed by atoms with Crippen molar-refractivity contribution in [1.82, 2.24) is 15.5 Å². The van der Waals surface area contributed by atoms with Gasteiger partial charge in [0.25, 0.3) is 0 Å². The van der Waals surface area contributed by atoms with Crippen LogP contribution in [0.25, 0.3) is 0 Å². The van der Waals surface area contributed by atoms with Crippen LogP contribution in [0.4, 0.5) is 4.79 Å². The first-order valence-electron chi connectivity index (χ1n) is 17.8. The summed E-state index contributed by atoms with van der Waals surface area (Å²) in [6.07, 6.45) is -0.319. The monoisotopic (exact) mass is 687 g/mol. The van der Waals surface area contributed by atoms with Crippen molar-refractivity contribution in [2.24, 2.45) is 5.92 Å². The zero-order chi connectivity index (χ0) is 35.5. The number of hydrogen-bond donors (Lipinski definition) is 4. The summed E-state index contributed by atoms with van der Waals surface area (Å²) in [7, 11) is 0. The molecule has 2 amide bonds. The summed E-state index contributed by atoms with van der Waals surface area (Å²) in [6.45, 7) is 10.4. The summed E-state index contributed by atoms with van der Waals surface area (Å²) in [4.78, 5) is 29.3. The van der Waals surface area contributed by atoms with Crippen molar-refractivity contribution in [3.63, 3.8) is 0 Å². The molecule has 0 radical (unpaired) electrons. The number of aliphatic hydroxyl groups excluding tert-OH is 2. The molecule has 1 fully saturated rings. The minimum atomic E-state index is -1.08. The van der Waals surface area contributed by atoms with Crippen molar-refractivity contribution in [3.8, 4) is 5.75 Å². The SMILES string of the molecule is CC(C)(C)OC(=O)N[C@@H](Cc1ccccc1)[C@@H](O)C[C@H](Cc1ccc(OCCCN2CCOCC2)cc1)C(=O)N[C@H]1c2ccccc2C[C@H]1O. The molecule has 270 valence electrons. The number of carbonyl (C=O) groups is 2. The Bertz CT molecular complexity index is 1510. The Kier molecular flexibility index (Phi) is 13.3. The third-order valence-corrected chi connectivity index (χ3v) is 9.26. The van der Waals surface area contributed by atoms with E-state index in [0.29, 0.717) is 25.9 Å². The first-order chi connectivity index (χ1) is 24.0. The van der Waals surface area contributed by atoms with Crippen LogP contribution in [-0.4, -0.2) is 90.4 Å². The average molecular weight is 688 g/mol. The van der Waals surface area contributed by atoms with Crippen molar-refractivity contribution in [2.75, 3.05) is 39.5 Å². The van der Waals surface area contributed by atoms with Crippen LogP contribution in [0.5, 0.6) is 5.75 Å². The predicted molar refractivity (Wildman–Crippen MR) is 192 cm³/mol. The van der Waals surface area contributed by atoms with Crippen molar-refractivity contribution in [3.05, 3.63) is 101 Å². The van der Waals surface area contributed by atoms with Crippen molar-refractivity contribution < 1.29 is 34.0 Å². The van der Waals surface area contributed by atoms with Gasteiger partial charge in [0, 0.05) is 32.0 Å². The maximum absolute atomic E-state index is 14.1. The van der Waals surface area contributed by atoms with E-state index in [9.17, 15) is 19.8 Å². The Labute approximate surface area is 296 Å². The molecule has 1 aliphatic carbocycles. The molecule has 3 aromatic rings. The highest BCUT2D eigenvalue weighted by Crippen LogP contribution is 2.32. The molecule has 1 aliphatic heterocycles. The fourth-order valence-corrected chi connectivity index (χ4v) is 6.68. The van der Waals surface area contributed by atoms with E-state index in [1.165, 1.54) is 0 Å². The Morgan fingerprint density at radius 3 is 2.34 bits per heavy atom. The van der Waals surface area contributed by atoms with Crippen molar-refractivity contribution in [1.29, 1.82) is 0 Å². The molecule has 2 aliphatic rings. The topological polar surface area (TPSA) is 130 Å². The molecule has 10 nitrogen and oxygen atoms in total. The normalized spacial score (nSPS) is 19.5. The standard InChI is InChI=1S/C40H53N3O7/c1-40(2,3)50-39(47)41-34(25-28-10-5-4-6-11-28)35(44)27-31(38(46)42-37-33-13-8-7-12-30(33)26-36(37)45)24-29-14-16-32(17-15-29)49-21-9-18-43-19-22-48-23-20-43/h4-8,10-17,31,34-37,44-45H,9,18-27H2,1-3H3,(H,41,47)(H,42,46)/t31-,34-,35-,36+,37-/m0/s1. The maximum Gasteiger partial charge on any atom is 0.407 e. The highest BCUT2D eigenvalue weighted by molar-refractivity contribution is 5.80. The number of amides is 2. The molecule has 0 bridgehead atoms. The van der Waals surface area contributed by atoms with Crippen molar-refractivity contribution >= 4 is 12.0 Å². The number of benzene rings is 3.